The average molecular weight is 328 g/mol. The molecule has 1 saturated heterocycles. The van der Waals surface area contributed by atoms with Crippen LogP contribution >= 0.6 is 0 Å². The lowest BCUT2D eigenvalue weighted by atomic mass is 10.1. The van der Waals surface area contributed by atoms with Crippen LogP contribution in [0.1, 0.15) is 17.5 Å². The maximum atomic E-state index is 12.6. The first-order chi connectivity index (χ1) is 10.1. The number of hydrogen-bond acceptors (Lipinski definition) is 5. The molecule has 8 nitrogen and oxygen atoms in total. The van der Waals surface area contributed by atoms with Gasteiger partial charge in [-0.05, 0) is 31.9 Å². The van der Waals surface area contributed by atoms with Crippen LogP contribution in [0, 0.1) is 29.9 Å². The van der Waals surface area contributed by atoms with Crippen LogP contribution in [0.2, 0.25) is 0 Å². The standard InChI is InChI=1S/C13H16N2O6S/c1-8-6-12(9(2)5-11(8)15(18)19)22(20,21)14-4-3-10(7-14)13(16)17/h5-6,10H,3-4,7H2,1-2H3,(H,16,17). The van der Waals surface area contributed by atoms with Gasteiger partial charge in [0.2, 0.25) is 10.0 Å². The van der Waals surface area contributed by atoms with Gasteiger partial charge in [0.15, 0.2) is 0 Å². The Kier molecular flexibility index (Phi) is 4.21. The Hall–Kier alpha value is -2.00. The summed E-state index contributed by atoms with van der Waals surface area (Å²) in [6.07, 6.45) is 0.263. The molecule has 0 aromatic heterocycles. The summed E-state index contributed by atoms with van der Waals surface area (Å²) in [5.41, 5.74) is 0.389. The number of carbonyl (C=O) groups is 1. The van der Waals surface area contributed by atoms with Gasteiger partial charge in [0.25, 0.3) is 5.69 Å². The number of carboxylic acid groups (broad SMARTS) is 1. The lowest BCUT2D eigenvalue weighted by Crippen LogP contribution is -2.30. The third kappa shape index (κ3) is 2.81. The number of benzene rings is 1. The molecular weight excluding hydrogens is 312 g/mol. The second kappa shape index (κ2) is 5.65. The summed E-state index contributed by atoms with van der Waals surface area (Å²) in [6.45, 7) is 3.02. The van der Waals surface area contributed by atoms with Crippen molar-refractivity contribution in [2.45, 2.75) is 25.2 Å². The number of carboxylic acids is 1. The molecule has 1 unspecified atom stereocenters. The Balaban J connectivity index is 2.41. The normalized spacial score (nSPS) is 19.3. The maximum Gasteiger partial charge on any atom is 0.307 e. The summed E-state index contributed by atoms with van der Waals surface area (Å²) >= 11 is 0. The fourth-order valence-electron chi connectivity index (χ4n) is 2.54. The van der Waals surface area contributed by atoms with Gasteiger partial charge < -0.3 is 5.11 Å². The first-order valence-corrected chi connectivity index (χ1v) is 8.07. The molecule has 0 amide bonds. The van der Waals surface area contributed by atoms with Crippen molar-refractivity contribution in [1.82, 2.24) is 4.31 Å². The highest BCUT2D eigenvalue weighted by Crippen LogP contribution is 2.30. The molecule has 1 fully saturated rings. The van der Waals surface area contributed by atoms with Crippen LogP contribution in [0.15, 0.2) is 17.0 Å². The predicted octanol–water partition coefficient (Wildman–Crippen LogP) is 1.31. The Morgan fingerprint density at radius 2 is 2.00 bits per heavy atom. The van der Waals surface area contributed by atoms with Crippen molar-refractivity contribution in [1.29, 1.82) is 0 Å². The minimum atomic E-state index is -3.85. The largest absolute Gasteiger partial charge is 0.481 e. The van der Waals surface area contributed by atoms with Crippen molar-refractivity contribution < 1.29 is 23.2 Å². The summed E-state index contributed by atoms with van der Waals surface area (Å²) in [7, 11) is -3.85. The highest BCUT2D eigenvalue weighted by Gasteiger charge is 2.36. The van der Waals surface area contributed by atoms with Gasteiger partial charge in [-0.1, -0.05) is 0 Å². The summed E-state index contributed by atoms with van der Waals surface area (Å²) < 4.78 is 26.4. The number of nitro groups is 1. The molecule has 120 valence electrons. The number of nitrogens with zero attached hydrogens (tertiary/aromatic N) is 2. The molecule has 1 heterocycles. The molecule has 1 N–H and O–H groups in total. The number of sulfonamides is 1. The van der Waals surface area contributed by atoms with Gasteiger partial charge in [0.1, 0.15) is 0 Å². The van der Waals surface area contributed by atoms with Gasteiger partial charge in [-0.2, -0.15) is 4.31 Å². The first-order valence-electron chi connectivity index (χ1n) is 6.63. The van der Waals surface area contributed by atoms with Gasteiger partial charge in [-0.3, -0.25) is 14.9 Å². The van der Waals surface area contributed by atoms with Gasteiger partial charge in [-0.15, -0.1) is 0 Å². The maximum absolute atomic E-state index is 12.6. The molecule has 0 radical (unpaired) electrons. The number of nitro benzene ring substituents is 1. The molecular formula is C13H16N2O6S. The van der Waals surface area contributed by atoms with E-state index in [9.17, 15) is 23.3 Å². The molecule has 22 heavy (non-hydrogen) atoms. The van der Waals surface area contributed by atoms with Crippen LogP contribution in [0.4, 0.5) is 5.69 Å². The molecule has 0 spiro atoms. The quantitative estimate of drug-likeness (QED) is 0.657. The van der Waals surface area contributed by atoms with E-state index in [1.807, 2.05) is 0 Å². The van der Waals surface area contributed by atoms with Gasteiger partial charge >= 0.3 is 5.97 Å². The SMILES string of the molecule is Cc1cc(S(=O)(=O)N2CCC(C(=O)O)C2)c(C)cc1[N+](=O)[O-]. The summed E-state index contributed by atoms with van der Waals surface area (Å²) in [4.78, 5) is 21.3. The molecule has 9 heteroatoms. The lowest BCUT2D eigenvalue weighted by Gasteiger charge is -2.18. The van der Waals surface area contributed by atoms with Crippen LogP contribution in [0.5, 0.6) is 0 Å². The Bertz CT molecular complexity index is 743. The van der Waals surface area contributed by atoms with E-state index < -0.39 is 26.8 Å². The molecule has 1 aliphatic heterocycles. The zero-order chi connectivity index (χ0) is 16.7. The van der Waals surface area contributed by atoms with E-state index in [0.29, 0.717) is 0 Å². The number of aliphatic carboxylic acids is 1. The molecule has 1 aliphatic rings. The molecule has 1 aromatic rings. The van der Waals surface area contributed by atoms with E-state index in [4.69, 9.17) is 5.11 Å². The van der Waals surface area contributed by atoms with Crippen molar-refractivity contribution in [2.75, 3.05) is 13.1 Å². The highest BCUT2D eigenvalue weighted by molar-refractivity contribution is 7.89. The first kappa shape index (κ1) is 16.4. The van der Waals surface area contributed by atoms with Crippen molar-refractivity contribution in [3.63, 3.8) is 0 Å². The topological polar surface area (TPSA) is 118 Å². The van der Waals surface area contributed by atoms with Crippen LogP contribution in [0.3, 0.4) is 0 Å². The monoisotopic (exact) mass is 328 g/mol. The van der Waals surface area contributed by atoms with Crippen molar-refractivity contribution >= 4 is 21.7 Å². The third-order valence-electron chi connectivity index (χ3n) is 3.81. The Labute approximate surface area is 127 Å². The van der Waals surface area contributed by atoms with Gasteiger partial charge in [0.05, 0.1) is 15.7 Å². The molecule has 1 aromatic carbocycles. The number of hydrogen-bond donors (Lipinski definition) is 1. The van der Waals surface area contributed by atoms with Gasteiger partial charge in [0, 0.05) is 24.7 Å². The smallest absolute Gasteiger partial charge is 0.307 e. The average Bonchev–Trinajstić information content (AvgIpc) is 2.91. The Morgan fingerprint density at radius 3 is 2.50 bits per heavy atom. The van der Waals surface area contributed by atoms with Gasteiger partial charge in [-0.25, -0.2) is 8.42 Å². The Morgan fingerprint density at radius 1 is 1.36 bits per heavy atom. The summed E-state index contributed by atoms with van der Waals surface area (Å²) in [5, 5.41) is 19.9. The molecule has 2 rings (SSSR count). The highest BCUT2D eigenvalue weighted by atomic mass is 32.2. The zero-order valence-corrected chi connectivity index (χ0v) is 13.0. The lowest BCUT2D eigenvalue weighted by molar-refractivity contribution is -0.385. The van der Waals surface area contributed by atoms with Crippen molar-refractivity contribution in [2.24, 2.45) is 5.92 Å². The number of aryl methyl sites for hydroxylation is 2. The summed E-state index contributed by atoms with van der Waals surface area (Å²) in [6, 6.07) is 2.50. The molecule has 0 aliphatic carbocycles. The van der Waals surface area contributed by atoms with E-state index in [-0.39, 0.29) is 41.2 Å². The molecule has 0 bridgehead atoms. The minimum Gasteiger partial charge on any atom is -0.481 e. The second-order valence-electron chi connectivity index (χ2n) is 5.35. The number of rotatable bonds is 4. The van der Waals surface area contributed by atoms with Crippen LogP contribution < -0.4 is 0 Å². The second-order valence-corrected chi connectivity index (χ2v) is 7.25. The third-order valence-corrected chi connectivity index (χ3v) is 5.82. The van der Waals surface area contributed by atoms with Crippen LogP contribution in [0.25, 0.3) is 0 Å². The zero-order valence-electron chi connectivity index (χ0n) is 12.1. The van der Waals surface area contributed by atoms with E-state index in [1.165, 1.54) is 26.0 Å². The van der Waals surface area contributed by atoms with Crippen molar-refractivity contribution in [3.05, 3.63) is 33.4 Å². The minimum absolute atomic E-state index is 0.0124. The van der Waals surface area contributed by atoms with Crippen LogP contribution in [-0.4, -0.2) is 41.8 Å². The van der Waals surface area contributed by atoms with E-state index in [2.05, 4.69) is 0 Å². The summed E-state index contributed by atoms with van der Waals surface area (Å²) in [5.74, 6) is -1.73. The fourth-order valence-corrected chi connectivity index (χ4v) is 4.33. The van der Waals surface area contributed by atoms with Crippen LogP contribution in [-0.2, 0) is 14.8 Å². The predicted molar refractivity (Wildman–Crippen MR) is 77.1 cm³/mol. The fraction of sp³-hybridized carbons (Fsp3) is 0.462. The van der Waals surface area contributed by atoms with E-state index in [1.54, 1.807) is 0 Å². The molecule has 1 atom stereocenters. The van der Waals surface area contributed by atoms with E-state index >= 15 is 0 Å². The molecule has 0 saturated carbocycles. The van der Waals surface area contributed by atoms with Crippen molar-refractivity contribution in [3.8, 4) is 0 Å². The van der Waals surface area contributed by atoms with E-state index in [0.717, 1.165) is 4.31 Å².